The molecule has 0 radical (unpaired) electrons. The molecule has 1 aliphatic carbocycles. The zero-order chi connectivity index (χ0) is 11.8. The van der Waals surface area contributed by atoms with E-state index in [0.29, 0.717) is 0 Å². The maximum absolute atomic E-state index is 6.17. The molecule has 88 valence electrons. The third-order valence-corrected chi connectivity index (χ3v) is 3.30. The topological polar surface area (TPSA) is 44.5 Å². The monoisotopic (exact) mass is 221 g/mol. The van der Waals surface area contributed by atoms with Gasteiger partial charge in [-0.15, -0.1) is 0 Å². The predicted octanol–water partition coefficient (Wildman–Crippen LogP) is 2.05. The molecule has 1 fully saturated rings. The molecule has 1 aromatic carbocycles. The van der Waals surface area contributed by atoms with Gasteiger partial charge in [-0.3, -0.25) is 0 Å². The molecule has 2 N–H and O–H groups in total. The van der Waals surface area contributed by atoms with Crippen LogP contribution in [0.4, 0.5) is 0 Å². The third kappa shape index (κ3) is 2.00. The molecule has 0 bridgehead atoms. The van der Waals surface area contributed by atoms with Crippen LogP contribution in [0.2, 0.25) is 0 Å². The van der Waals surface area contributed by atoms with Crippen molar-refractivity contribution < 1.29 is 9.47 Å². The van der Waals surface area contributed by atoms with Crippen molar-refractivity contribution in [1.82, 2.24) is 0 Å². The van der Waals surface area contributed by atoms with Crippen LogP contribution in [0, 0.1) is 6.92 Å². The fraction of sp³-hybridized carbons (Fsp3) is 0.538. The van der Waals surface area contributed by atoms with Gasteiger partial charge in [-0.2, -0.15) is 0 Å². The van der Waals surface area contributed by atoms with Gasteiger partial charge in [-0.25, -0.2) is 0 Å². The van der Waals surface area contributed by atoms with E-state index < -0.39 is 0 Å². The fourth-order valence-electron chi connectivity index (χ4n) is 2.00. The maximum Gasteiger partial charge on any atom is 0.164 e. The Bertz CT molecular complexity index is 397. The Kier molecular flexibility index (Phi) is 2.80. The number of ether oxygens (including phenoxy) is 2. The molecule has 2 rings (SSSR count). The summed E-state index contributed by atoms with van der Waals surface area (Å²) >= 11 is 0. The average Bonchev–Trinajstić information content (AvgIpc) is 2.99. The Morgan fingerprint density at radius 2 is 1.94 bits per heavy atom. The van der Waals surface area contributed by atoms with Gasteiger partial charge in [-0.05, 0) is 37.8 Å². The van der Waals surface area contributed by atoms with E-state index >= 15 is 0 Å². The number of hydrogen-bond donors (Lipinski definition) is 1. The van der Waals surface area contributed by atoms with Crippen LogP contribution < -0.4 is 15.2 Å². The summed E-state index contributed by atoms with van der Waals surface area (Å²) in [6, 6.07) is 4.00. The SMILES string of the molecule is COc1ccc(C)c(CC2(N)CC2)c1OC. The molecule has 0 heterocycles. The molecule has 1 aromatic rings. The largest absolute Gasteiger partial charge is 0.493 e. The van der Waals surface area contributed by atoms with E-state index in [1.54, 1.807) is 14.2 Å². The van der Waals surface area contributed by atoms with Crippen LogP contribution in [0.15, 0.2) is 12.1 Å². The van der Waals surface area contributed by atoms with Gasteiger partial charge in [0.15, 0.2) is 11.5 Å². The molecule has 1 saturated carbocycles. The van der Waals surface area contributed by atoms with Crippen molar-refractivity contribution in [3.63, 3.8) is 0 Å². The number of methoxy groups -OCH3 is 2. The molecule has 0 spiro atoms. The Balaban J connectivity index is 2.39. The highest BCUT2D eigenvalue weighted by molar-refractivity contribution is 5.51. The first kappa shape index (κ1) is 11.3. The lowest BCUT2D eigenvalue weighted by Crippen LogP contribution is -2.25. The number of aryl methyl sites for hydroxylation is 1. The molecule has 1 aliphatic rings. The molecule has 3 heteroatoms. The van der Waals surface area contributed by atoms with E-state index in [4.69, 9.17) is 15.2 Å². The van der Waals surface area contributed by atoms with E-state index in [0.717, 1.165) is 30.8 Å². The van der Waals surface area contributed by atoms with Gasteiger partial charge in [0, 0.05) is 11.1 Å². The van der Waals surface area contributed by atoms with Crippen LogP contribution in [0.25, 0.3) is 0 Å². The highest BCUT2D eigenvalue weighted by Gasteiger charge is 2.39. The second-order valence-corrected chi connectivity index (χ2v) is 4.64. The second kappa shape index (κ2) is 3.98. The Hall–Kier alpha value is -1.22. The van der Waals surface area contributed by atoms with Gasteiger partial charge in [0.05, 0.1) is 14.2 Å². The molecule has 3 nitrogen and oxygen atoms in total. The van der Waals surface area contributed by atoms with Crippen molar-refractivity contribution in [3.8, 4) is 11.5 Å². The van der Waals surface area contributed by atoms with E-state index in [2.05, 4.69) is 13.0 Å². The highest BCUT2D eigenvalue weighted by Crippen LogP contribution is 2.41. The predicted molar refractivity (Wildman–Crippen MR) is 64.1 cm³/mol. The van der Waals surface area contributed by atoms with E-state index in [9.17, 15) is 0 Å². The minimum absolute atomic E-state index is 0.00952. The lowest BCUT2D eigenvalue weighted by Gasteiger charge is -2.17. The Labute approximate surface area is 96.5 Å². The van der Waals surface area contributed by atoms with E-state index in [1.165, 1.54) is 11.1 Å². The van der Waals surface area contributed by atoms with Gasteiger partial charge >= 0.3 is 0 Å². The first-order valence-corrected chi connectivity index (χ1v) is 5.59. The van der Waals surface area contributed by atoms with Gasteiger partial charge in [0.25, 0.3) is 0 Å². The smallest absolute Gasteiger partial charge is 0.164 e. The summed E-state index contributed by atoms with van der Waals surface area (Å²) in [5.41, 5.74) is 8.56. The third-order valence-electron chi connectivity index (χ3n) is 3.30. The first-order chi connectivity index (χ1) is 7.59. The Morgan fingerprint density at radius 3 is 2.44 bits per heavy atom. The van der Waals surface area contributed by atoms with Gasteiger partial charge in [0.1, 0.15) is 0 Å². The minimum Gasteiger partial charge on any atom is -0.493 e. The highest BCUT2D eigenvalue weighted by atomic mass is 16.5. The second-order valence-electron chi connectivity index (χ2n) is 4.64. The molecule has 0 unspecified atom stereocenters. The maximum atomic E-state index is 6.17. The summed E-state index contributed by atoms with van der Waals surface area (Å²) < 4.78 is 10.7. The summed E-state index contributed by atoms with van der Waals surface area (Å²) in [6.45, 7) is 2.09. The van der Waals surface area contributed by atoms with Crippen molar-refractivity contribution >= 4 is 0 Å². The van der Waals surface area contributed by atoms with Crippen LogP contribution in [0.1, 0.15) is 24.0 Å². The molecule has 0 amide bonds. The molecular weight excluding hydrogens is 202 g/mol. The standard InChI is InChI=1S/C13H19NO2/c1-9-4-5-11(15-2)12(16-3)10(9)8-13(14)6-7-13/h4-5H,6-8,14H2,1-3H3. The van der Waals surface area contributed by atoms with Crippen LogP contribution in [0.3, 0.4) is 0 Å². The van der Waals surface area contributed by atoms with Gasteiger partial charge in [-0.1, -0.05) is 6.07 Å². The molecular formula is C13H19NO2. The summed E-state index contributed by atoms with van der Waals surface area (Å²) in [6.07, 6.45) is 3.08. The van der Waals surface area contributed by atoms with Crippen LogP contribution in [-0.4, -0.2) is 19.8 Å². The lowest BCUT2D eigenvalue weighted by atomic mass is 9.98. The number of benzene rings is 1. The lowest BCUT2D eigenvalue weighted by molar-refractivity contribution is 0.350. The van der Waals surface area contributed by atoms with Crippen molar-refractivity contribution in [3.05, 3.63) is 23.3 Å². The van der Waals surface area contributed by atoms with Crippen LogP contribution in [-0.2, 0) is 6.42 Å². The molecule has 16 heavy (non-hydrogen) atoms. The fourth-order valence-corrected chi connectivity index (χ4v) is 2.00. The zero-order valence-electron chi connectivity index (χ0n) is 10.2. The summed E-state index contributed by atoms with van der Waals surface area (Å²) in [5, 5.41) is 0. The normalized spacial score (nSPS) is 17.0. The van der Waals surface area contributed by atoms with Gasteiger partial charge in [0.2, 0.25) is 0 Å². The summed E-state index contributed by atoms with van der Waals surface area (Å²) in [4.78, 5) is 0. The van der Waals surface area contributed by atoms with E-state index in [-0.39, 0.29) is 5.54 Å². The number of hydrogen-bond acceptors (Lipinski definition) is 3. The quantitative estimate of drug-likeness (QED) is 0.846. The molecule has 0 aliphatic heterocycles. The van der Waals surface area contributed by atoms with Crippen LogP contribution >= 0.6 is 0 Å². The van der Waals surface area contributed by atoms with Crippen molar-refractivity contribution in [2.45, 2.75) is 31.7 Å². The zero-order valence-corrected chi connectivity index (χ0v) is 10.2. The first-order valence-electron chi connectivity index (χ1n) is 5.59. The summed E-state index contributed by atoms with van der Waals surface area (Å²) in [7, 11) is 3.34. The minimum atomic E-state index is -0.00952. The summed E-state index contributed by atoms with van der Waals surface area (Å²) in [5.74, 6) is 1.62. The van der Waals surface area contributed by atoms with Gasteiger partial charge < -0.3 is 15.2 Å². The number of nitrogens with two attached hydrogens (primary N) is 1. The molecule has 0 aromatic heterocycles. The van der Waals surface area contributed by atoms with Crippen molar-refractivity contribution in [1.29, 1.82) is 0 Å². The Morgan fingerprint density at radius 1 is 1.25 bits per heavy atom. The van der Waals surface area contributed by atoms with Crippen molar-refractivity contribution in [2.75, 3.05) is 14.2 Å². The van der Waals surface area contributed by atoms with E-state index in [1.807, 2.05) is 6.07 Å². The molecule has 0 saturated heterocycles. The van der Waals surface area contributed by atoms with Crippen LogP contribution in [0.5, 0.6) is 11.5 Å². The average molecular weight is 221 g/mol. The molecule has 0 atom stereocenters. The van der Waals surface area contributed by atoms with Crippen molar-refractivity contribution in [2.24, 2.45) is 5.73 Å². The number of rotatable bonds is 4.